The van der Waals surface area contributed by atoms with Crippen LogP contribution < -0.4 is 20.9 Å². The number of methoxy groups -OCH3 is 2. The number of benzene rings is 2. The van der Waals surface area contributed by atoms with E-state index in [2.05, 4.69) is 27.7 Å². The van der Waals surface area contributed by atoms with Gasteiger partial charge >= 0.3 is 11.7 Å². The molecule has 9 nitrogen and oxygen atoms in total. The van der Waals surface area contributed by atoms with E-state index in [0.29, 0.717) is 43.3 Å². The number of fused-ring (bicyclic) bond motifs is 1. The second-order valence-corrected chi connectivity index (χ2v) is 9.86. The lowest BCUT2D eigenvalue weighted by molar-refractivity contribution is -0.145. The Bertz CT molecular complexity index is 1500. The number of carbonyl (C=O) groups is 1. The van der Waals surface area contributed by atoms with Crippen molar-refractivity contribution >= 4 is 47.4 Å². The molecule has 0 aliphatic carbocycles. The molecule has 4 rings (SSSR count). The molecule has 0 saturated carbocycles. The normalized spacial score (nSPS) is 13.7. The lowest BCUT2D eigenvalue weighted by atomic mass is 10.0. The van der Waals surface area contributed by atoms with E-state index in [0.717, 1.165) is 37.6 Å². The minimum atomic E-state index is -0.355. The summed E-state index contributed by atoms with van der Waals surface area (Å²) in [6.45, 7) is 6.35. The Balaban J connectivity index is 0.00000308. The maximum atomic E-state index is 13.5. The predicted molar refractivity (Wildman–Crippen MR) is 171 cm³/mol. The Kier molecular flexibility index (Phi) is 13.9. The van der Waals surface area contributed by atoms with Crippen molar-refractivity contribution in [3.63, 3.8) is 0 Å². The highest BCUT2D eigenvalue weighted by Crippen LogP contribution is 2.28. The fourth-order valence-electron chi connectivity index (χ4n) is 5.19. The lowest BCUT2D eigenvalue weighted by Gasteiger charge is -2.36. The second kappa shape index (κ2) is 16.9. The van der Waals surface area contributed by atoms with Crippen LogP contribution in [0, 0.1) is 17.8 Å². The molecule has 1 saturated heterocycles. The molecule has 0 N–H and O–H groups in total. The standard InChI is InChI=1S/C31H38N4O5.2ClH/c1-4-24(30(37)40-3)12-6-5-11-17-34-26-14-8-7-13-25(26)29(36)35(31(34)38)23-20-32-18-21-33(22-19-32)27-15-9-10-16-28(27)39-2;;/h7-10,13-16,24H,4,6,12,17-23H2,1-3H3;2*1H. The van der Waals surface area contributed by atoms with Gasteiger partial charge < -0.3 is 14.4 Å². The first-order valence-electron chi connectivity index (χ1n) is 13.8. The van der Waals surface area contributed by atoms with Crippen molar-refractivity contribution in [1.29, 1.82) is 0 Å². The molecule has 42 heavy (non-hydrogen) atoms. The Morgan fingerprint density at radius 1 is 0.905 bits per heavy atom. The number of nitrogens with zero attached hydrogens (tertiary/aromatic N) is 4. The molecule has 1 aliphatic heterocycles. The molecule has 228 valence electrons. The number of anilines is 1. The smallest absolute Gasteiger partial charge is 0.332 e. The molecular weight excluding hydrogens is 579 g/mol. The fraction of sp³-hybridized carbons (Fsp3) is 0.452. The number of halogens is 2. The van der Waals surface area contributed by atoms with Crippen LogP contribution in [0.1, 0.15) is 26.2 Å². The van der Waals surface area contributed by atoms with Gasteiger partial charge in [-0.25, -0.2) is 4.79 Å². The third kappa shape index (κ3) is 8.09. The van der Waals surface area contributed by atoms with Gasteiger partial charge in [0.05, 0.1) is 43.3 Å². The number of para-hydroxylation sites is 3. The molecule has 1 atom stereocenters. The van der Waals surface area contributed by atoms with Crippen molar-refractivity contribution in [2.45, 2.75) is 39.3 Å². The first-order valence-corrected chi connectivity index (χ1v) is 13.8. The molecule has 3 aromatic rings. The molecule has 1 aliphatic rings. The number of ether oxygens (including phenoxy) is 2. The fourth-order valence-corrected chi connectivity index (χ4v) is 5.19. The van der Waals surface area contributed by atoms with Gasteiger partial charge in [0.2, 0.25) is 0 Å². The number of carbonyl (C=O) groups excluding carboxylic acids is 1. The summed E-state index contributed by atoms with van der Waals surface area (Å²) in [6.07, 6.45) is 1.83. The van der Waals surface area contributed by atoms with Crippen molar-refractivity contribution in [2.24, 2.45) is 5.92 Å². The summed E-state index contributed by atoms with van der Waals surface area (Å²) in [4.78, 5) is 43.2. The maximum Gasteiger partial charge on any atom is 0.332 e. The van der Waals surface area contributed by atoms with Crippen molar-refractivity contribution in [2.75, 3.05) is 51.8 Å². The SMILES string of the molecule is CCC(CCC#CCn1c(=O)n(CCN2CCN(c3ccccc3OC)CC2)c(=O)c2ccccc21)C(=O)OC.Cl.Cl. The van der Waals surface area contributed by atoms with Crippen LogP contribution in [0.3, 0.4) is 0 Å². The predicted octanol–water partition coefficient (Wildman–Crippen LogP) is 3.82. The van der Waals surface area contributed by atoms with E-state index < -0.39 is 0 Å². The van der Waals surface area contributed by atoms with Gasteiger partial charge in [0.25, 0.3) is 5.56 Å². The van der Waals surface area contributed by atoms with Crippen LogP contribution in [0.4, 0.5) is 5.69 Å². The van der Waals surface area contributed by atoms with E-state index in [1.54, 1.807) is 23.8 Å². The van der Waals surface area contributed by atoms with Gasteiger partial charge in [0, 0.05) is 45.7 Å². The molecule has 0 bridgehead atoms. The van der Waals surface area contributed by atoms with Crippen molar-refractivity contribution in [3.05, 3.63) is 69.4 Å². The number of rotatable bonds is 10. The maximum absolute atomic E-state index is 13.5. The molecule has 1 fully saturated rings. The quantitative estimate of drug-likeness (QED) is 0.252. The highest BCUT2D eigenvalue weighted by atomic mass is 35.5. The third-order valence-electron chi connectivity index (χ3n) is 7.58. The number of hydrogen-bond donors (Lipinski definition) is 0. The number of esters is 1. The molecule has 1 unspecified atom stereocenters. The van der Waals surface area contributed by atoms with Gasteiger partial charge in [-0.1, -0.05) is 37.1 Å². The van der Waals surface area contributed by atoms with Crippen LogP contribution >= 0.6 is 24.8 Å². The summed E-state index contributed by atoms with van der Waals surface area (Å²) < 4.78 is 13.3. The van der Waals surface area contributed by atoms with Gasteiger partial charge in [-0.05, 0) is 37.1 Å². The van der Waals surface area contributed by atoms with Crippen LogP contribution in [-0.4, -0.2) is 66.9 Å². The van der Waals surface area contributed by atoms with E-state index in [1.807, 2.05) is 37.3 Å². The minimum Gasteiger partial charge on any atom is -0.495 e. The molecule has 2 heterocycles. The summed E-state index contributed by atoms with van der Waals surface area (Å²) in [6, 6.07) is 15.2. The zero-order valence-corrected chi connectivity index (χ0v) is 26.0. The zero-order chi connectivity index (χ0) is 28.5. The first kappa shape index (κ1) is 34.7. The largest absolute Gasteiger partial charge is 0.495 e. The number of piperazine rings is 1. The summed E-state index contributed by atoms with van der Waals surface area (Å²) in [7, 11) is 3.08. The highest BCUT2D eigenvalue weighted by molar-refractivity contribution is 5.85. The summed E-state index contributed by atoms with van der Waals surface area (Å²) >= 11 is 0. The Hall–Kier alpha value is -3.45. The topological polar surface area (TPSA) is 86.0 Å². The molecule has 2 aromatic carbocycles. The Morgan fingerprint density at radius 2 is 1.60 bits per heavy atom. The first-order chi connectivity index (χ1) is 19.5. The molecular formula is C31H40Cl2N4O5. The second-order valence-electron chi connectivity index (χ2n) is 9.86. The average molecular weight is 620 g/mol. The zero-order valence-electron chi connectivity index (χ0n) is 24.4. The van der Waals surface area contributed by atoms with Crippen LogP contribution in [0.5, 0.6) is 5.75 Å². The number of aromatic nitrogens is 2. The summed E-state index contributed by atoms with van der Waals surface area (Å²) in [5.74, 6) is 6.61. The van der Waals surface area contributed by atoms with E-state index >= 15 is 0 Å². The molecule has 0 amide bonds. The van der Waals surface area contributed by atoms with E-state index in [-0.39, 0.29) is 54.5 Å². The van der Waals surface area contributed by atoms with Crippen LogP contribution in [0.2, 0.25) is 0 Å². The van der Waals surface area contributed by atoms with Crippen LogP contribution in [0.25, 0.3) is 10.9 Å². The Morgan fingerprint density at radius 3 is 2.29 bits per heavy atom. The third-order valence-corrected chi connectivity index (χ3v) is 7.58. The Labute approximate surface area is 259 Å². The van der Waals surface area contributed by atoms with Crippen LogP contribution in [0.15, 0.2) is 58.1 Å². The molecule has 0 spiro atoms. The van der Waals surface area contributed by atoms with E-state index in [9.17, 15) is 14.4 Å². The molecule has 11 heteroatoms. The molecule has 0 radical (unpaired) electrons. The van der Waals surface area contributed by atoms with Crippen LogP contribution in [-0.2, 0) is 22.6 Å². The van der Waals surface area contributed by atoms with Gasteiger partial charge in [-0.3, -0.25) is 23.6 Å². The monoisotopic (exact) mass is 618 g/mol. The molecule has 1 aromatic heterocycles. The average Bonchev–Trinajstić information content (AvgIpc) is 3.00. The van der Waals surface area contributed by atoms with Gasteiger partial charge in [0.15, 0.2) is 0 Å². The van der Waals surface area contributed by atoms with Crippen molar-refractivity contribution < 1.29 is 14.3 Å². The van der Waals surface area contributed by atoms with Gasteiger partial charge in [-0.15, -0.1) is 30.7 Å². The van der Waals surface area contributed by atoms with E-state index in [1.165, 1.54) is 11.7 Å². The van der Waals surface area contributed by atoms with Gasteiger partial charge in [-0.2, -0.15) is 0 Å². The summed E-state index contributed by atoms with van der Waals surface area (Å²) in [5.41, 5.74) is 1.03. The lowest BCUT2D eigenvalue weighted by Crippen LogP contribution is -2.49. The van der Waals surface area contributed by atoms with Crippen molar-refractivity contribution in [1.82, 2.24) is 14.0 Å². The highest BCUT2D eigenvalue weighted by Gasteiger charge is 2.20. The summed E-state index contributed by atoms with van der Waals surface area (Å²) in [5, 5.41) is 0.502. The van der Waals surface area contributed by atoms with E-state index in [4.69, 9.17) is 9.47 Å². The van der Waals surface area contributed by atoms with Crippen molar-refractivity contribution in [3.8, 4) is 17.6 Å². The van der Waals surface area contributed by atoms with Gasteiger partial charge in [0.1, 0.15) is 5.75 Å². The minimum absolute atomic E-state index is 0. The number of hydrogen-bond acceptors (Lipinski definition) is 7.